The van der Waals surface area contributed by atoms with Gasteiger partial charge in [-0.25, -0.2) is 0 Å². The first-order valence-electron chi connectivity index (χ1n) is 5.92. The van der Waals surface area contributed by atoms with E-state index in [1.165, 1.54) is 0 Å². The Kier molecular flexibility index (Phi) is 5.21. The van der Waals surface area contributed by atoms with Crippen LogP contribution in [0.2, 0.25) is 0 Å². The molecule has 0 radical (unpaired) electrons. The van der Waals surface area contributed by atoms with E-state index in [1.54, 1.807) is 12.0 Å². The van der Waals surface area contributed by atoms with E-state index in [9.17, 15) is 4.79 Å². The number of amides is 1. The molecular weight excluding hydrogens is 222 g/mol. The predicted octanol–water partition coefficient (Wildman–Crippen LogP) is 0.396. The van der Waals surface area contributed by atoms with Crippen molar-refractivity contribution in [2.24, 2.45) is 16.8 Å². The quantitative estimate of drug-likeness (QED) is 0.293. The fraction of sp³-hybridized carbons (Fsp3) is 0.818. The van der Waals surface area contributed by atoms with Gasteiger partial charge in [-0.15, -0.1) is 0 Å². The SMILES string of the molecule is CCC(C(=O)N(CCOC)C1CC1)C(N)=NO. The van der Waals surface area contributed by atoms with E-state index < -0.39 is 5.92 Å². The monoisotopic (exact) mass is 243 g/mol. The number of hydrogen-bond donors (Lipinski definition) is 2. The van der Waals surface area contributed by atoms with Crippen LogP contribution in [0.1, 0.15) is 26.2 Å². The predicted molar refractivity (Wildman–Crippen MR) is 63.8 cm³/mol. The average molecular weight is 243 g/mol. The second-order valence-electron chi connectivity index (χ2n) is 4.24. The topological polar surface area (TPSA) is 88.2 Å². The summed E-state index contributed by atoms with van der Waals surface area (Å²) in [5.74, 6) is -0.611. The minimum atomic E-state index is -0.530. The van der Waals surface area contributed by atoms with Gasteiger partial charge in [0, 0.05) is 19.7 Å². The lowest BCUT2D eigenvalue weighted by Gasteiger charge is -2.26. The molecule has 0 aromatic carbocycles. The van der Waals surface area contributed by atoms with Crippen LogP contribution in [0.5, 0.6) is 0 Å². The normalized spacial score (nSPS) is 17.9. The van der Waals surface area contributed by atoms with Crippen molar-refractivity contribution in [2.75, 3.05) is 20.3 Å². The van der Waals surface area contributed by atoms with Gasteiger partial charge in [-0.2, -0.15) is 0 Å². The molecule has 1 unspecified atom stereocenters. The maximum Gasteiger partial charge on any atom is 0.233 e. The number of hydrogen-bond acceptors (Lipinski definition) is 4. The molecule has 6 nitrogen and oxygen atoms in total. The maximum absolute atomic E-state index is 12.3. The summed E-state index contributed by atoms with van der Waals surface area (Å²) in [5.41, 5.74) is 5.54. The largest absolute Gasteiger partial charge is 0.409 e. The molecule has 0 aromatic heterocycles. The molecule has 1 aliphatic rings. The molecule has 17 heavy (non-hydrogen) atoms. The molecule has 0 heterocycles. The van der Waals surface area contributed by atoms with Crippen LogP contribution in [0.4, 0.5) is 0 Å². The molecule has 0 aromatic rings. The number of rotatable bonds is 7. The number of carbonyl (C=O) groups excluding carboxylic acids is 1. The Hall–Kier alpha value is -1.30. The average Bonchev–Trinajstić information content (AvgIpc) is 3.14. The number of nitrogens with zero attached hydrogens (tertiary/aromatic N) is 2. The summed E-state index contributed by atoms with van der Waals surface area (Å²) in [6.07, 6.45) is 2.59. The molecular formula is C11H21N3O3. The first-order valence-corrected chi connectivity index (χ1v) is 5.92. The van der Waals surface area contributed by atoms with Crippen molar-refractivity contribution in [1.29, 1.82) is 0 Å². The van der Waals surface area contributed by atoms with Gasteiger partial charge in [0.1, 0.15) is 0 Å². The molecule has 1 fully saturated rings. The molecule has 0 bridgehead atoms. The number of carbonyl (C=O) groups is 1. The van der Waals surface area contributed by atoms with Crippen molar-refractivity contribution in [3.63, 3.8) is 0 Å². The summed E-state index contributed by atoms with van der Waals surface area (Å²) >= 11 is 0. The van der Waals surface area contributed by atoms with Crippen LogP contribution in [-0.2, 0) is 9.53 Å². The van der Waals surface area contributed by atoms with Crippen molar-refractivity contribution in [3.8, 4) is 0 Å². The second-order valence-corrected chi connectivity index (χ2v) is 4.24. The van der Waals surface area contributed by atoms with Crippen LogP contribution in [0, 0.1) is 5.92 Å². The molecule has 6 heteroatoms. The minimum absolute atomic E-state index is 0.0134. The molecule has 1 aliphatic carbocycles. The Morgan fingerprint density at radius 2 is 2.29 bits per heavy atom. The summed E-state index contributed by atoms with van der Waals surface area (Å²) < 4.78 is 5.00. The van der Waals surface area contributed by atoms with Gasteiger partial charge in [-0.3, -0.25) is 4.79 Å². The number of oxime groups is 1. The van der Waals surface area contributed by atoms with Crippen molar-refractivity contribution in [1.82, 2.24) is 4.90 Å². The van der Waals surface area contributed by atoms with Gasteiger partial charge >= 0.3 is 0 Å². The summed E-state index contributed by atoms with van der Waals surface area (Å²) in [6.45, 7) is 2.92. The van der Waals surface area contributed by atoms with E-state index >= 15 is 0 Å². The Morgan fingerprint density at radius 3 is 2.71 bits per heavy atom. The van der Waals surface area contributed by atoms with Crippen molar-refractivity contribution < 1.29 is 14.7 Å². The Morgan fingerprint density at radius 1 is 1.65 bits per heavy atom. The molecule has 1 atom stereocenters. The van der Waals surface area contributed by atoms with E-state index in [1.807, 2.05) is 6.92 Å². The second kappa shape index (κ2) is 6.44. The van der Waals surface area contributed by atoms with E-state index in [0.717, 1.165) is 12.8 Å². The molecule has 0 saturated heterocycles. The van der Waals surface area contributed by atoms with Crippen LogP contribution in [0.15, 0.2) is 5.16 Å². The van der Waals surface area contributed by atoms with Gasteiger partial charge in [-0.05, 0) is 19.3 Å². The highest BCUT2D eigenvalue weighted by molar-refractivity contribution is 6.02. The van der Waals surface area contributed by atoms with Crippen LogP contribution in [-0.4, -0.2) is 48.2 Å². The standard InChI is InChI=1S/C11H21N3O3/c1-3-9(10(12)13-16)11(15)14(6-7-17-2)8-4-5-8/h8-9,16H,3-7H2,1-2H3,(H2,12,13). The van der Waals surface area contributed by atoms with Gasteiger partial charge in [0.15, 0.2) is 5.84 Å². The first kappa shape index (κ1) is 13.8. The summed E-state index contributed by atoms with van der Waals surface area (Å²) in [4.78, 5) is 14.0. The fourth-order valence-electron chi connectivity index (χ4n) is 1.83. The number of methoxy groups -OCH3 is 1. The number of nitrogens with two attached hydrogens (primary N) is 1. The van der Waals surface area contributed by atoms with Crippen LogP contribution < -0.4 is 5.73 Å². The molecule has 0 aliphatic heterocycles. The molecule has 1 saturated carbocycles. The zero-order valence-electron chi connectivity index (χ0n) is 10.4. The summed E-state index contributed by atoms with van der Waals surface area (Å²) in [5, 5.41) is 11.6. The molecule has 3 N–H and O–H groups in total. The summed E-state index contributed by atoms with van der Waals surface area (Å²) in [6, 6.07) is 0.304. The van der Waals surface area contributed by atoms with Crippen LogP contribution in [0.25, 0.3) is 0 Å². The third-order valence-electron chi connectivity index (χ3n) is 2.99. The van der Waals surface area contributed by atoms with Gasteiger partial charge in [0.05, 0.1) is 12.5 Å². The minimum Gasteiger partial charge on any atom is -0.409 e. The Balaban J connectivity index is 2.68. The van der Waals surface area contributed by atoms with Gasteiger partial charge in [0.2, 0.25) is 5.91 Å². The van der Waals surface area contributed by atoms with Crippen LogP contribution in [0.3, 0.4) is 0 Å². The van der Waals surface area contributed by atoms with Crippen LogP contribution >= 0.6 is 0 Å². The van der Waals surface area contributed by atoms with Crippen molar-refractivity contribution >= 4 is 11.7 Å². The number of ether oxygens (including phenoxy) is 1. The highest BCUT2D eigenvalue weighted by Crippen LogP contribution is 2.28. The Labute approximate surface area is 101 Å². The fourth-order valence-corrected chi connectivity index (χ4v) is 1.83. The van der Waals surface area contributed by atoms with E-state index in [-0.39, 0.29) is 11.7 Å². The third-order valence-corrected chi connectivity index (χ3v) is 2.99. The maximum atomic E-state index is 12.3. The number of amidine groups is 1. The van der Waals surface area contributed by atoms with Crippen molar-refractivity contribution in [2.45, 2.75) is 32.2 Å². The lowest BCUT2D eigenvalue weighted by Crippen LogP contribution is -2.44. The molecule has 1 rings (SSSR count). The lowest BCUT2D eigenvalue weighted by molar-refractivity contribution is -0.134. The van der Waals surface area contributed by atoms with Gasteiger partial charge in [0.25, 0.3) is 0 Å². The molecule has 1 amide bonds. The van der Waals surface area contributed by atoms with Crippen molar-refractivity contribution in [3.05, 3.63) is 0 Å². The highest BCUT2D eigenvalue weighted by Gasteiger charge is 2.36. The molecule has 98 valence electrons. The zero-order valence-corrected chi connectivity index (χ0v) is 10.4. The lowest BCUT2D eigenvalue weighted by atomic mass is 10.0. The van der Waals surface area contributed by atoms with E-state index in [2.05, 4.69) is 5.16 Å². The van der Waals surface area contributed by atoms with Gasteiger partial charge < -0.3 is 20.6 Å². The summed E-state index contributed by atoms with van der Waals surface area (Å²) in [7, 11) is 1.61. The molecule has 0 spiro atoms. The first-order chi connectivity index (χ1) is 8.15. The van der Waals surface area contributed by atoms with E-state index in [4.69, 9.17) is 15.7 Å². The Bertz CT molecular complexity index is 290. The van der Waals surface area contributed by atoms with Gasteiger partial charge in [-0.1, -0.05) is 12.1 Å². The zero-order chi connectivity index (χ0) is 12.8. The highest BCUT2D eigenvalue weighted by atomic mass is 16.5. The van der Waals surface area contributed by atoms with E-state index in [0.29, 0.717) is 25.6 Å². The third kappa shape index (κ3) is 3.59. The smallest absolute Gasteiger partial charge is 0.233 e.